The van der Waals surface area contributed by atoms with E-state index in [4.69, 9.17) is 18.0 Å². The zero-order valence-corrected chi connectivity index (χ0v) is 12.2. The summed E-state index contributed by atoms with van der Waals surface area (Å²) in [7, 11) is 1.90. The lowest BCUT2D eigenvalue weighted by Gasteiger charge is -2.08. The number of hydrogen-bond acceptors (Lipinski definition) is 4. The molecule has 0 aliphatic carbocycles. The molecule has 0 aliphatic heterocycles. The molecule has 0 aromatic carbocycles. The third-order valence-corrected chi connectivity index (χ3v) is 3.62. The number of nitrogens with two attached hydrogens (primary N) is 1. The van der Waals surface area contributed by atoms with E-state index in [1.165, 1.54) is 11.5 Å². The van der Waals surface area contributed by atoms with E-state index in [1.54, 1.807) is 4.68 Å². The summed E-state index contributed by atoms with van der Waals surface area (Å²) >= 11 is 7.00. The van der Waals surface area contributed by atoms with E-state index in [2.05, 4.69) is 17.3 Å². The summed E-state index contributed by atoms with van der Waals surface area (Å²) in [6.07, 6.45) is 1.12. The monoisotopic (exact) mass is 272 g/mol. The number of aromatic nitrogens is 2. The normalized spacial score (nSPS) is 10.5. The van der Waals surface area contributed by atoms with Gasteiger partial charge in [0.15, 0.2) is 0 Å². The summed E-state index contributed by atoms with van der Waals surface area (Å²) in [5.41, 5.74) is 7.46. The van der Waals surface area contributed by atoms with E-state index in [9.17, 15) is 0 Å². The Kier molecular flexibility index (Phi) is 5.77. The van der Waals surface area contributed by atoms with Gasteiger partial charge >= 0.3 is 0 Å². The Labute approximate surface area is 112 Å². The lowest BCUT2D eigenvalue weighted by Crippen LogP contribution is -2.15. The molecule has 1 aromatic rings. The largest absolute Gasteiger partial charge is 0.389 e. The van der Waals surface area contributed by atoms with Crippen molar-refractivity contribution < 1.29 is 0 Å². The molecular formula is C11H20N4S2. The molecule has 0 fully saturated rings. The molecule has 3 N–H and O–H groups in total. The molecule has 0 spiro atoms. The molecule has 6 heteroatoms. The fourth-order valence-electron chi connectivity index (χ4n) is 1.68. The lowest BCUT2D eigenvalue weighted by atomic mass is 10.2. The number of thioether (sulfide) groups is 1. The topological polar surface area (TPSA) is 55.9 Å². The zero-order chi connectivity index (χ0) is 12.8. The van der Waals surface area contributed by atoms with Crippen LogP contribution in [0.2, 0.25) is 0 Å². The Balaban J connectivity index is 2.61. The van der Waals surface area contributed by atoms with E-state index in [0.29, 0.717) is 4.99 Å². The highest BCUT2D eigenvalue weighted by atomic mass is 32.2. The van der Waals surface area contributed by atoms with Crippen LogP contribution in [0, 0.1) is 6.92 Å². The Hall–Kier alpha value is -0.750. The van der Waals surface area contributed by atoms with Gasteiger partial charge in [-0.05, 0) is 24.9 Å². The SMILES string of the molecule is CCSCCCNc1c(C(N)=S)c(C)nn1C. The van der Waals surface area contributed by atoms with Crippen molar-refractivity contribution in [1.29, 1.82) is 0 Å². The van der Waals surface area contributed by atoms with Crippen LogP contribution in [0.4, 0.5) is 5.82 Å². The maximum Gasteiger partial charge on any atom is 0.134 e. The van der Waals surface area contributed by atoms with Crippen molar-refractivity contribution in [3.8, 4) is 0 Å². The Morgan fingerprint density at radius 2 is 2.29 bits per heavy atom. The predicted molar refractivity (Wildman–Crippen MR) is 79.9 cm³/mol. The third-order valence-electron chi connectivity index (χ3n) is 2.43. The second-order valence-electron chi connectivity index (χ2n) is 3.77. The van der Waals surface area contributed by atoms with Gasteiger partial charge in [-0.2, -0.15) is 16.9 Å². The number of rotatable bonds is 7. The van der Waals surface area contributed by atoms with Gasteiger partial charge in [-0.15, -0.1) is 0 Å². The van der Waals surface area contributed by atoms with Crippen LogP contribution in [-0.2, 0) is 7.05 Å². The molecular weight excluding hydrogens is 252 g/mol. The highest BCUT2D eigenvalue weighted by molar-refractivity contribution is 7.99. The van der Waals surface area contributed by atoms with Crippen molar-refractivity contribution >= 4 is 34.8 Å². The van der Waals surface area contributed by atoms with Gasteiger partial charge in [0.2, 0.25) is 0 Å². The van der Waals surface area contributed by atoms with Crippen molar-refractivity contribution in [3.05, 3.63) is 11.3 Å². The molecule has 96 valence electrons. The number of nitrogens with one attached hydrogen (secondary N) is 1. The second kappa shape index (κ2) is 6.86. The van der Waals surface area contributed by atoms with Gasteiger partial charge in [0.05, 0.1) is 11.3 Å². The first kappa shape index (κ1) is 14.3. The first-order valence-corrected chi connectivity index (χ1v) is 7.29. The van der Waals surface area contributed by atoms with Crippen molar-refractivity contribution in [1.82, 2.24) is 9.78 Å². The van der Waals surface area contributed by atoms with E-state index in [-0.39, 0.29) is 0 Å². The fourth-order valence-corrected chi connectivity index (χ4v) is 2.56. The Bertz CT molecular complexity index is 387. The third kappa shape index (κ3) is 3.89. The summed E-state index contributed by atoms with van der Waals surface area (Å²) in [5.74, 6) is 3.27. The molecule has 0 saturated carbocycles. The Morgan fingerprint density at radius 3 is 2.88 bits per heavy atom. The summed E-state index contributed by atoms with van der Waals surface area (Å²) < 4.78 is 1.80. The lowest BCUT2D eigenvalue weighted by molar-refractivity contribution is 0.756. The molecule has 4 nitrogen and oxygen atoms in total. The smallest absolute Gasteiger partial charge is 0.134 e. The minimum absolute atomic E-state index is 0.404. The summed E-state index contributed by atoms with van der Waals surface area (Å²) in [6, 6.07) is 0. The average Bonchev–Trinajstić information content (AvgIpc) is 2.53. The Morgan fingerprint density at radius 1 is 1.59 bits per heavy atom. The van der Waals surface area contributed by atoms with Gasteiger partial charge in [-0.3, -0.25) is 4.68 Å². The molecule has 0 atom stereocenters. The van der Waals surface area contributed by atoms with Gasteiger partial charge < -0.3 is 11.1 Å². The number of thiocarbonyl (C=S) groups is 1. The summed E-state index contributed by atoms with van der Waals surface area (Å²) in [6.45, 7) is 5.02. The zero-order valence-electron chi connectivity index (χ0n) is 10.6. The first-order chi connectivity index (χ1) is 8.07. The molecule has 0 amide bonds. The van der Waals surface area contributed by atoms with Gasteiger partial charge in [-0.25, -0.2) is 0 Å². The van der Waals surface area contributed by atoms with E-state index in [1.807, 2.05) is 25.7 Å². The minimum Gasteiger partial charge on any atom is -0.389 e. The number of anilines is 1. The van der Waals surface area contributed by atoms with Gasteiger partial charge in [0.1, 0.15) is 10.8 Å². The molecule has 17 heavy (non-hydrogen) atoms. The summed E-state index contributed by atoms with van der Waals surface area (Å²) in [4.78, 5) is 0.404. The summed E-state index contributed by atoms with van der Waals surface area (Å²) in [5, 5.41) is 7.69. The van der Waals surface area contributed by atoms with Crippen LogP contribution in [0.15, 0.2) is 0 Å². The van der Waals surface area contributed by atoms with Crippen LogP contribution < -0.4 is 11.1 Å². The molecule has 0 aliphatic rings. The van der Waals surface area contributed by atoms with E-state index >= 15 is 0 Å². The van der Waals surface area contributed by atoms with Crippen LogP contribution in [-0.4, -0.2) is 32.8 Å². The predicted octanol–water partition coefficient (Wildman–Crippen LogP) is 1.92. The maximum absolute atomic E-state index is 5.71. The van der Waals surface area contributed by atoms with Crippen LogP contribution in [0.25, 0.3) is 0 Å². The molecule has 0 saturated heterocycles. The molecule has 1 aromatic heterocycles. The fraction of sp³-hybridized carbons (Fsp3) is 0.636. The average molecular weight is 272 g/mol. The van der Waals surface area contributed by atoms with Crippen LogP contribution >= 0.6 is 24.0 Å². The van der Waals surface area contributed by atoms with Gasteiger partial charge in [0.25, 0.3) is 0 Å². The van der Waals surface area contributed by atoms with Crippen LogP contribution in [0.5, 0.6) is 0 Å². The van der Waals surface area contributed by atoms with Crippen molar-refractivity contribution in [2.24, 2.45) is 12.8 Å². The molecule has 0 bridgehead atoms. The minimum atomic E-state index is 0.404. The van der Waals surface area contributed by atoms with Crippen molar-refractivity contribution in [3.63, 3.8) is 0 Å². The van der Waals surface area contributed by atoms with Crippen molar-refractivity contribution in [2.45, 2.75) is 20.3 Å². The number of aryl methyl sites for hydroxylation is 2. The molecule has 1 heterocycles. The first-order valence-electron chi connectivity index (χ1n) is 5.73. The van der Waals surface area contributed by atoms with Gasteiger partial charge in [0, 0.05) is 13.6 Å². The second-order valence-corrected chi connectivity index (χ2v) is 5.61. The maximum atomic E-state index is 5.71. The molecule has 1 rings (SSSR count). The van der Waals surface area contributed by atoms with Crippen molar-refractivity contribution in [2.75, 3.05) is 23.4 Å². The van der Waals surface area contributed by atoms with Gasteiger partial charge in [-0.1, -0.05) is 19.1 Å². The highest BCUT2D eigenvalue weighted by Crippen LogP contribution is 2.18. The molecule has 0 unspecified atom stereocenters. The van der Waals surface area contributed by atoms with E-state index < -0.39 is 0 Å². The molecule has 0 radical (unpaired) electrons. The standard InChI is InChI=1S/C11H20N4S2/c1-4-17-7-5-6-13-11-9(10(12)16)8(2)14-15(11)3/h13H,4-7H2,1-3H3,(H2,12,16). The highest BCUT2D eigenvalue weighted by Gasteiger charge is 2.14. The van der Waals surface area contributed by atoms with Crippen LogP contribution in [0.1, 0.15) is 24.6 Å². The number of nitrogens with zero attached hydrogens (tertiary/aromatic N) is 2. The van der Waals surface area contributed by atoms with Crippen LogP contribution in [0.3, 0.4) is 0 Å². The van der Waals surface area contributed by atoms with E-state index in [0.717, 1.165) is 30.0 Å². The quantitative estimate of drug-likeness (QED) is 0.587. The number of hydrogen-bond donors (Lipinski definition) is 2.